The van der Waals surface area contributed by atoms with E-state index >= 15 is 0 Å². The van der Waals surface area contributed by atoms with E-state index < -0.39 is 5.97 Å². The van der Waals surface area contributed by atoms with Crippen LogP contribution in [-0.2, 0) is 4.79 Å². The lowest BCUT2D eigenvalue weighted by atomic mass is 9.72. The van der Waals surface area contributed by atoms with Crippen LogP contribution in [0.3, 0.4) is 0 Å². The van der Waals surface area contributed by atoms with Crippen LogP contribution in [0, 0.1) is 11.3 Å². The van der Waals surface area contributed by atoms with Gasteiger partial charge in [0, 0.05) is 5.56 Å². The standard InChI is InChI=1S/C20H24O3/c1-15-7-8-16(2)20(3,12-9-17-10-13-23-14-17)11-5-4-6-18(15)19(21)22/h4-6,9-10,12-14,16H,1,7-8,11H2,2-3H3,(H,21,22)/b5-4-,12-9+,18-6+/t16-,20+/m1/s1. The van der Waals surface area contributed by atoms with E-state index in [0.29, 0.717) is 23.5 Å². The van der Waals surface area contributed by atoms with Crippen LogP contribution in [0.5, 0.6) is 0 Å². The summed E-state index contributed by atoms with van der Waals surface area (Å²) in [6.45, 7) is 8.40. The molecule has 0 saturated carbocycles. The Labute approximate surface area is 137 Å². The Hall–Kier alpha value is -2.29. The summed E-state index contributed by atoms with van der Waals surface area (Å²) < 4.78 is 5.10. The molecule has 1 aliphatic rings. The van der Waals surface area contributed by atoms with Crippen LogP contribution in [0.15, 0.2) is 65.0 Å². The molecule has 3 heteroatoms. The highest BCUT2D eigenvalue weighted by atomic mass is 16.4. The summed E-state index contributed by atoms with van der Waals surface area (Å²) >= 11 is 0. The highest BCUT2D eigenvalue weighted by Crippen LogP contribution is 2.38. The number of carbonyl (C=O) groups is 1. The molecule has 0 aliphatic heterocycles. The Balaban J connectivity index is 2.24. The molecule has 1 N–H and O–H groups in total. The second kappa shape index (κ2) is 7.32. The lowest BCUT2D eigenvalue weighted by molar-refractivity contribution is -0.132. The molecule has 2 atom stereocenters. The van der Waals surface area contributed by atoms with Crippen LogP contribution >= 0.6 is 0 Å². The lowest BCUT2D eigenvalue weighted by Crippen LogP contribution is -2.23. The van der Waals surface area contributed by atoms with Crippen molar-refractivity contribution in [2.75, 3.05) is 0 Å². The van der Waals surface area contributed by atoms with Crippen LogP contribution < -0.4 is 0 Å². The molecule has 0 fully saturated rings. The molecule has 0 spiro atoms. The second-order valence-electron chi connectivity index (χ2n) is 6.46. The van der Waals surface area contributed by atoms with Gasteiger partial charge in [0.15, 0.2) is 0 Å². The van der Waals surface area contributed by atoms with Crippen LogP contribution in [0.25, 0.3) is 6.08 Å². The van der Waals surface area contributed by atoms with Crippen LogP contribution in [0.2, 0.25) is 0 Å². The molecule has 0 aromatic carbocycles. The summed E-state index contributed by atoms with van der Waals surface area (Å²) in [6, 6.07) is 1.93. The molecule has 1 aliphatic carbocycles. The highest BCUT2D eigenvalue weighted by molar-refractivity contribution is 5.91. The monoisotopic (exact) mass is 312 g/mol. The van der Waals surface area contributed by atoms with E-state index in [-0.39, 0.29) is 5.41 Å². The SMILES string of the molecule is C=C1CC[C@@H](C)[C@](C)(/C=C/c2ccoc2)C/C=C\C=C/1C(=O)O. The molecule has 122 valence electrons. The molecule has 1 aromatic rings. The molecule has 0 bridgehead atoms. The van der Waals surface area contributed by atoms with Crippen LogP contribution in [0.1, 0.15) is 38.7 Å². The third-order valence-corrected chi connectivity index (χ3v) is 4.77. The topological polar surface area (TPSA) is 50.4 Å². The third kappa shape index (κ3) is 4.35. The maximum Gasteiger partial charge on any atom is 0.335 e. The molecule has 0 saturated heterocycles. The minimum Gasteiger partial charge on any atom is -0.478 e. The van der Waals surface area contributed by atoms with Crippen molar-refractivity contribution in [1.29, 1.82) is 0 Å². The normalized spacial score (nSPS) is 29.9. The summed E-state index contributed by atoms with van der Waals surface area (Å²) in [6.07, 6.45) is 15.7. The molecule has 1 heterocycles. The number of aliphatic carboxylic acids is 1. The van der Waals surface area contributed by atoms with E-state index in [4.69, 9.17) is 4.42 Å². The Morgan fingerprint density at radius 2 is 2.30 bits per heavy atom. The minimum absolute atomic E-state index is 0.00260. The van der Waals surface area contributed by atoms with Gasteiger partial charge in [0.05, 0.1) is 18.1 Å². The molecule has 23 heavy (non-hydrogen) atoms. The van der Waals surface area contributed by atoms with E-state index in [9.17, 15) is 9.90 Å². The van der Waals surface area contributed by atoms with Gasteiger partial charge in [-0.2, -0.15) is 0 Å². The van der Waals surface area contributed by atoms with Crippen molar-refractivity contribution in [3.05, 3.63) is 66.2 Å². The first-order valence-corrected chi connectivity index (χ1v) is 7.92. The average molecular weight is 312 g/mol. The average Bonchev–Trinajstić information content (AvgIpc) is 3.02. The minimum atomic E-state index is -0.907. The van der Waals surface area contributed by atoms with E-state index in [0.717, 1.165) is 18.4 Å². The Kier molecular flexibility index (Phi) is 5.43. The fraction of sp³-hybridized carbons (Fsp3) is 0.350. The number of rotatable bonds is 3. The summed E-state index contributed by atoms with van der Waals surface area (Å²) in [5, 5.41) is 9.26. The number of carboxylic acids is 1. The summed E-state index contributed by atoms with van der Waals surface area (Å²) in [4.78, 5) is 11.3. The zero-order chi connectivity index (χ0) is 16.9. The van der Waals surface area contributed by atoms with Crippen molar-refractivity contribution in [2.24, 2.45) is 11.3 Å². The van der Waals surface area contributed by atoms with Crippen molar-refractivity contribution in [3.8, 4) is 0 Å². The number of allylic oxidation sites excluding steroid dienone is 4. The molecule has 2 rings (SSSR count). The first kappa shape index (κ1) is 17.1. The summed E-state index contributed by atoms with van der Waals surface area (Å²) in [5.74, 6) is -0.504. The van der Waals surface area contributed by atoms with Gasteiger partial charge >= 0.3 is 5.97 Å². The van der Waals surface area contributed by atoms with Crippen molar-refractivity contribution in [1.82, 2.24) is 0 Å². The predicted molar refractivity (Wildman–Crippen MR) is 92.9 cm³/mol. The summed E-state index contributed by atoms with van der Waals surface area (Å²) in [7, 11) is 0. The van der Waals surface area contributed by atoms with Gasteiger partial charge in [-0.25, -0.2) is 4.79 Å². The van der Waals surface area contributed by atoms with Gasteiger partial charge in [0.1, 0.15) is 0 Å². The fourth-order valence-corrected chi connectivity index (χ4v) is 2.77. The largest absolute Gasteiger partial charge is 0.478 e. The number of carboxylic acid groups (broad SMARTS) is 1. The zero-order valence-electron chi connectivity index (χ0n) is 13.8. The maximum absolute atomic E-state index is 11.3. The van der Waals surface area contributed by atoms with Crippen molar-refractivity contribution >= 4 is 12.0 Å². The van der Waals surface area contributed by atoms with E-state index in [2.05, 4.69) is 32.6 Å². The smallest absolute Gasteiger partial charge is 0.335 e. The Bertz CT molecular complexity index is 646. The Morgan fingerprint density at radius 1 is 1.52 bits per heavy atom. The summed E-state index contributed by atoms with van der Waals surface area (Å²) in [5.41, 5.74) is 2.06. The number of hydrogen-bond donors (Lipinski definition) is 1. The van der Waals surface area contributed by atoms with Gasteiger partial charge in [-0.1, -0.05) is 44.7 Å². The highest BCUT2D eigenvalue weighted by Gasteiger charge is 2.28. The molecular weight excluding hydrogens is 288 g/mol. The number of hydrogen-bond acceptors (Lipinski definition) is 2. The van der Waals surface area contributed by atoms with E-state index in [1.54, 1.807) is 18.6 Å². The molecule has 3 nitrogen and oxygen atoms in total. The quantitative estimate of drug-likeness (QED) is 0.830. The first-order chi connectivity index (χ1) is 10.9. The van der Waals surface area contributed by atoms with Gasteiger partial charge in [-0.15, -0.1) is 0 Å². The van der Waals surface area contributed by atoms with Crippen LogP contribution in [-0.4, -0.2) is 11.1 Å². The zero-order valence-corrected chi connectivity index (χ0v) is 13.8. The fourth-order valence-electron chi connectivity index (χ4n) is 2.77. The van der Waals surface area contributed by atoms with Gasteiger partial charge in [-0.05, 0) is 48.3 Å². The van der Waals surface area contributed by atoms with Crippen molar-refractivity contribution in [3.63, 3.8) is 0 Å². The van der Waals surface area contributed by atoms with Gasteiger partial charge in [0.2, 0.25) is 0 Å². The van der Waals surface area contributed by atoms with Crippen molar-refractivity contribution in [2.45, 2.75) is 33.1 Å². The molecule has 0 amide bonds. The molecule has 0 unspecified atom stereocenters. The van der Waals surface area contributed by atoms with Gasteiger partial charge in [-0.3, -0.25) is 0 Å². The lowest BCUT2D eigenvalue weighted by Gasteiger charge is -2.33. The second-order valence-corrected chi connectivity index (χ2v) is 6.46. The Morgan fingerprint density at radius 3 is 2.96 bits per heavy atom. The van der Waals surface area contributed by atoms with Crippen molar-refractivity contribution < 1.29 is 14.3 Å². The first-order valence-electron chi connectivity index (χ1n) is 7.92. The van der Waals surface area contributed by atoms with E-state index in [1.807, 2.05) is 18.2 Å². The van der Waals surface area contributed by atoms with Gasteiger partial charge < -0.3 is 9.52 Å². The molecule has 0 radical (unpaired) electrons. The maximum atomic E-state index is 11.3. The molecular formula is C20H24O3. The number of furan rings is 1. The predicted octanol–water partition coefficient (Wildman–Crippen LogP) is 5.24. The third-order valence-electron chi connectivity index (χ3n) is 4.77. The molecule has 1 aromatic heterocycles. The van der Waals surface area contributed by atoms with Crippen LogP contribution in [0.4, 0.5) is 0 Å². The van der Waals surface area contributed by atoms with E-state index in [1.165, 1.54) is 0 Å². The van der Waals surface area contributed by atoms with Gasteiger partial charge in [0.25, 0.3) is 0 Å².